The van der Waals surface area contributed by atoms with Gasteiger partial charge in [-0.3, -0.25) is 0 Å². The molecule has 2 heterocycles. The van der Waals surface area contributed by atoms with E-state index < -0.39 is 0 Å². The van der Waals surface area contributed by atoms with Crippen LogP contribution in [0.3, 0.4) is 0 Å². The summed E-state index contributed by atoms with van der Waals surface area (Å²) < 4.78 is 26.1. The molecular weight excluding hydrogens is 327 g/mol. The Morgan fingerprint density at radius 2 is 2.00 bits per heavy atom. The quantitative estimate of drug-likeness (QED) is 0.825. The molecule has 1 saturated carbocycles. The summed E-state index contributed by atoms with van der Waals surface area (Å²) in [5.74, 6) is -0.263. The van der Waals surface area contributed by atoms with Crippen LogP contribution in [-0.2, 0) is 9.47 Å². The predicted molar refractivity (Wildman–Crippen MR) is 77.2 cm³/mol. The summed E-state index contributed by atoms with van der Waals surface area (Å²) in [4.78, 5) is 6.12. The lowest BCUT2D eigenvalue weighted by molar-refractivity contribution is -0.178. The van der Waals surface area contributed by atoms with Crippen LogP contribution < -0.4 is 4.90 Å². The summed E-state index contributed by atoms with van der Waals surface area (Å²) in [5.41, 5.74) is 0. The van der Waals surface area contributed by atoms with Crippen molar-refractivity contribution in [3.8, 4) is 0 Å². The predicted octanol–water partition coefficient (Wildman–Crippen LogP) is 3.11. The zero-order chi connectivity index (χ0) is 14.2. The maximum Gasteiger partial charge on any atom is 0.168 e. The fraction of sp³-hybridized carbons (Fsp3) is 0.643. The van der Waals surface area contributed by atoms with E-state index in [0.717, 1.165) is 25.7 Å². The molecule has 0 unspecified atom stereocenters. The van der Waals surface area contributed by atoms with Gasteiger partial charge in [0.25, 0.3) is 0 Å². The SMILES string of the molecule is CN(c1ncc(Br)cc1F)C1CCC2(CC1)OCCO2. The second kappa shape index (κ2) is 5.58. The molecule has 2 fully saturated rings. The van der Waals surface area contributed by atoms with Crippen molar-refractivity contribution in [2.45, 2.75) is 37.5 Å². The maximum absolute atomic E-state index is 14.0. The molecule has 0 aromatic carbocycles. The standard InChI is InChI=1S/C14H18BrFN2O2/c1-18(13-12(16)8-10(15)9-17-13)11-2-4-14(5-3-11)19-6-7-20-14/h8-9,11H,2-7H2,1H3. The van der Waals surface area contributed by atoms with Crippen LogP contribution in [0.15, 0.2) is 16.7 Å². The van der Waals surface area contributed by atoms with Crippen LogP contribution in [0.2, 0.25) is 0 Å². The molecule has 1 aromatic heterocycles. The number of nitrogens with zero attached hydrogens (tertiary/aromatic N) is 2. The van der Waals surface area contributed by atoms with E-state index in [4.69, 9.17) is 9.47 Å². The Balaban J connectivity index is 1.68. The highest BCUT2D eigenvalue weighted by Crippen LogP contribution is 2.38. The number of hydrogen-bond donors (Lipinski definition) is 0. The molecule has 110 valence electrons. The Hall–Kier alpha value is -0.720. The molecular formula is C14H18BrFN2O2. The molecule has 6 heteroatoms. The Morgan fingerprint density at radius 3 is 2.60 bits per heavy atom. The Kier molecular flexibility index (Phi) is 3.97. The first-order valence-electron chi connectivity index (χ1n) is 6.91. The van der Waals surface area contributed by atoms with Crippen LogP contribution >= 0.6 is 15.9 Å². The highest BCUT2D eigenvalue weighted by Gasteiger charge is 2.41. The average Bonchev–Trinajstić information content (AvgIpc) is 2.87. The largest absolute Gasteiger partial charge is 0.354 e. The number of halogens is 2. The summed E-state index contributed by atoms with van der Waals surface area (Å²) in [6, 6.07) is 1.73. The fourth-order valence-corrected chi connectivity index (χ4v) is 3.36. The lowest BCUT2D eigenvalue weighted by Crippen LogP contribution is -2.43. The van der Waals surface area contributed by atoms with Gasteiger partial charge in [-0.05, 0) is 34.8 Å². The molecule has 0 N–H and O–H groups in total. The van der Waals surface area contributed by atoms with Gasteiger partial charge in [0.05, 0.1) is 13.2 Å². The summed E-state index contributed by atoms with van der Waals surface area (Å²) in [6.45, 7) is 1.37. The molecule has 0 radical (unpaired) electrons. The number of rotatable bonds is 2. The number of anilines is 1. The third kappa shape index (κ3) is 2.69. The van der Waals surface area contributed by atoms with Gasteiger partial charge in [-0.2, -0.15) is 0 Å². The van der Waals surface area contributed by atoms with Crippen molar-refractivity contribution < 1.29 is 13.9 Å². The van der Waals surface area contributed by atoms with Gasteiger partial charge in [-0.25, -0.2) is 9.37 Å². The third-order valence-electron chi connectivity index (χ3n) is 4.20. The summed E-state index contributed by atoms with van der Waals surface area (Å²) >= 11 is 3.23. The molecule has 4 nitrogen and oxygen atoms in total. The molecule has 1 spiro atoms. The minimum absolute atomic E-state index is 0.275. The third-order valence-corrected chi connectivity index (χ3v) is 4.63. The molecule has 1 aromatic rings. The van der Waals surface area contributed by atoms with Crippen molar-refractivity contribution in [2.75, 3.05) is 25.2 Å². The zero-order valence-corrected chi connectivity index (χ0v) is 13.0. The molecule has 3 rings (SSSR count). The van der Waals surface area contributed by atoms with Crippen molar-refractivity contribution >= 4 is 21.7 Å². The highest BCUT2D eigenvalue weighted by atomic mass is 79.9. The minimum Gasteiger partial charge on any atom is -0.354 e. The van der Waals surface area contributed by atoms with E-state index in [2.05, 4.69) is 20.9 Å². The van der Waals surface area contributed by atoms with Crippen LogP contribution in [0.4, 0.5) is 10.2 Å². The first-order chi connectivity index (χ1) is 9.60. The van der Waals surface area contributed by atoms with Gasteiger partial charge >= 0.3 is 0 Å². The number of pyridine rings is 1. The van der Waals surface area contributed by atoms with E-state index in [1.165, 1.54) is 6.07 Å². The molecule has 0 atom stereocenters. The highest BCUT2D eigenvalue weighted by molar-refractivity contribution is 9.10. The monoisotopic (exact) mass is 344 g/mol. The molecule has 1 aliphatic carbocycles. The fourth-order valence-electron chi connectivity index (χ4n) is 3.06. The number of ether oxygens (including phenoxy) is 2. The van der Waals surface area contributed by atoms with E-state index in [1.54, 1.807) is 6.20 Å². The first kappa shape index (κ1) is 14.2. The van der Waals surface area contributed by atoms with Crippen LogP contribution in [0.5, 0.6) is 0 Å². The molecule has 0 amide bonds. The maximum atomic E-state index is 14.0. The van der Waals surface area contributed by atoms with E-state index in [-0.39, 0.29) is 17.6 Å². The van der Waals surface area contributed by atoms with E-state index in [1.807, 2.05) is 11.9 Å². The number of hydrogen-bond acceptors (Lipinski definition) is 4. The normalized spacial score (nSPS) is 22.4. The lowest BCUT2D eigenvalue weighted by atomic mass is 9.89. The zero-order valence-electron chi connectivity index (χ0n) is 11.4. The van der Waals surface area contributed by atoms with Crippen molar-refractivity contribution in [3.63, 3.8) is 0 Å². The Bertz CT molecular complexity index is 484. The van der Waals surface area contributed by atoms with Crippen LogP contribution in [-0.4, -0.2) is 37.1 Å². The Labute approximate surface area is 126 Å². The van der Waals surface area contributed by atoms with Gasteiger partial charge in [0.1, 0.15) is 0 Å². The van der Waals surface area contributed by atoms with Crippen molar-refractivity contribution in [3.05, 3.63) is 22.6 Å². The molecule has 0 bridgehead atoms. The van der Waals surface area contributed by atoms with Crippen molar-refractivity contribution in [1.82, 2.24) is 4.98 Å². The van der Waals surface area contributed by atoms with Gasteiger partial charge in [0, 0.05) is 36.6 Å². The summed E-state index contributed by atoms with van der Waals surface area (Å²) in [7, 11) is 1.90. The summed E-state index contributed by atoms with van der Waals surface area (Å²) in [6.07, 6.45) is 5.20. The minimum atomic E-state index is -0.372. The van der Waals surface area contributed by atoms with Gasteiger partial charge in [-0.15, -0.1) is 0 Å². The second-order valence-corrected chi connectivity index (χ2v) is 6.32. The summed E-state index contributed by atoms with van der Waals surface area (Å²) in [5, 5.41) is 0. The lowest BCUT2D eigenvalue weighted by Gasteiger charge is -2.39. The van der Waals surface area contributed by atoms with Crippen LogP contribution in [0.25, 0.3) is 0 Å². The van der Waals surface area contributed by atoms with Gasteiger partial charge < -0.3 is 14.4 Å². The van der Waals surface area contributed by atoms with Gasteiger partial charge in [0.2, 0.25) is 0 Å². The van der Waals surface area contributed by atoms with Crippen LogP contribution in [0, 0.1) is 5.82 Å². The molecule has 1 saturated heterocycles. The van der Waals surface area contributed by atoms with E-state index in [0.29, 0.717) is 23.5 Å². The molecule has 20 heavy (non-hydrogen) atoms. The topological polar surface area (TPSA) is 34.6 Å². The van der Waals surface area contributed by atoms with Gasteiger partial charge in [-0.1, -0.05) is 0 Å². The van der Waals surface area contributed by atoms with Crippen LogP contribution in [0.1, 0.15) is 25.7 Å². The average molecular weight is 345 g/mol. The Morgan fingerprint density at radius 1 is 1.35 bits per heavy atom. The van der Waals surface area contributed by atoms with Crippen molar-refractivity contribution in [2.24, 2.45) is 0 Å². The molecule has 1 aliphatic heterocycles. The van der Waals surface area contributed by atoms with Gasteiger partial charge in [0.15, 0.2) is 17.4 Å². The van der Waals surface area contributed by atoms with Crippen molar-refractivity contribution in [1.29, 1.82) is 0 Å². The smallest absolute Gasteiger partial charge is 0.168 e. The number of aromatic nitrogens is 1. The van der Waals surface area contributed by atoms with E-state index in [9.17, 15) is 4.39 Å². The van der Waals surface area contributed by atoms with E-state index >= 15 is 0 Å². The first-order valence-corrected chi connectivity index (χ1v) is 7.71. The second-order valence-electron chi connectivity index (χ2n) is 5.41. The molecule has 2 aliphatic rings.